The van der Waals surface area contributed by atoms with E-state index in [2.05, 4.69) is 23.1 Å². The third kappa shape index (κ3) is 2.81. The lowest BCUT2D eigenvalue weighted by molar-refractivity contribution is -0.117. The summed E-state index contributed by atoms with van der Waals surface area (Å²) in [5.41, 5.74) is 2.16. The van der Waals surface area contributed by atoms with E-state index in [0.29, 0.717) is 6.42 Å². The van der Waals surface area contributed by atoms with E-state index in [9.17, 15) is 4.79 Å². The summed E-state index contributed by atoms with van der Waals surface area (Å²) in [7, 11) is -0.391. The van der Waals surface area contributed by atoms with Gasteiger partial charge in [0.25, 0.3) is 0 Å². The van der Waals surface area contributed by atoms with E-state index in [1.807, 2.05) is 39.8 Å². The van der Waals surface area contributed by atoms with E-state index >= 15 is 0 Å². The lowest BCUT2D eigenvalue weighted by Crippen LogP contribution is -2.41. The average Bonchev–Trinajstić information content (AvgIpc) is 2.60. The van der Waals surface area contributed by atoms with Crippen LogP contribution in [0, 0.1) is 0 Å². The Morgan fingerprint density at radius 1 is 1.26 bits per heavy atom. The topological polar surface area (TPSA) is 59.9 Å². The highest BCUT2D eigenvalue weighted by Crippen LogP contribution is 2.36. The lowest BCUT2D eigenvalue weighted by atomic mass is 9.78. The van der Waals surface area contributed by atoms with Gasteiger partial charge in [-0.3, -0.25) is 9.79 Å². The fraction of sp³-hybridized carbons (Fsp3) is 0.529. The van der Waals surface area contributed by atoms with Gasteiger partial charge in [0.1, 0.15) is 6.04 Å². The molecule has 0 bridgehead atoms. The maximum atomic E-state index is 12.0. The van der Waals surface area contributed by atoms with Crippen molar-refractivity contribution in [2.45, 2.75) is 57.8 Å². The standard InChI is InChI=1S/C17H23BN2O3/c1-16(2)17(3,4)23-18(22-16)12-7-9-13-11(10-12)6-8-14(19-5)15(21)20-13/h7,9-10,14H,5-6,8H2,1-4H3,(H,20,21)/t14-/m0/s1. The largest absolute Gasteiger partial charge is 0.494 e. The molecular formula is C17H23BN2O3. The summed E-state index contributed by atoms with van der Waals surface area (Å²) < 4.78 is 12.2. The number of anilines is 1. The molecule has 0 aromatic heterocycles. The Morgan fingerprint density at radius 2 is 1.91 bits per heavy atom. The summed E-state index contributed by atoms with van der Waals surface area (Å²) >= 11 is 0. The number of aryl methyl sites for hydroxylation is 1. The molecule has 0 unspecified atom stereocenters. The van der Waals surface area contributed by atoms with E-state index in [1.54, 1.807) is 0 Å². The molecule has 2 aliphatic heterocycles. The first kappa shape index (κ1) is 16.2. The normalized spacial score (nSPS) is 25.5. The van der Waals surface area contributed by atoms with E-state index in [-0.39, 0.29) is 23.2 Å². The second kappa shape index (κ2) is 5.46. The number of carbonyl (C=O) groups is 1. The summed E-state index contributed by atoms with van der Waals surface area (Å²) in [5, 5.41) is 2.92. The molecular weight excluding hydrogens is 291 g/mol. The van der Waals surface area contributed by atoms with Gasteiger partial charge in [-0.05, 0) is 64.3 Å². The molecule has 1 aromatic rings. The van der Waals surface area contributed by atoms with E-state index in [1.165, 1.54) is 0 Å². The van der Waals surface area contributed by atoms with Crippen molar-refractivity contribution < 1.29 is 14.1 Å². The molecule has 0 aliphatic carbocycles. The molecule has 1 amide bonds. The van der Waals surface area contributed by atoms with E-state index in [4.69, 9.17) is 9.31 Å². The molecule has 1 saturated heterocycles. The number of nitrogens with one attached hydrogen (secondary N) is 1. The second-order valence-corrected chi connectivity index (χ2v) is 7.23. The van der Waals surface area contributed by atoms with Crippen LogP contribution in [0.4, 0.5) is 5.69 Å². The molecule has 0 spiro atoms. The smallest absolute Gasteiger partial charge is 0.399 e. The van der Waals surface area contributed by atoms with Crippen molar-refractivity contribution in [2.75, 3.05) is 5.32 Å². The molecule has 1 fully saturated rings. The third-order valence-corrected chi connectivity index (χ3v) is 5.12. The first-order valence-corrected chi connectivity index (χ1v) is 7.99. The van der Waals surface area contributed by atoms with Crippen LogP contribution in [-0.2, 0) is 20.5 Å². The number of hydrogen-bond acceptors (Lipinski definition) is 4. The Bertz CT molecular complexity index is 641. The van der Waals surface area contributed by atoms with Crippen molar-refractivity contribution >= 4 is 30.9 Å². The average molecular weight is 314 g/mol. The molecule has 1 atom stereocenters. The molecule has 122 valence electrons. The van der Waals surface area contributed by atoms with Crippen molar-refractivity contribution in [1.29, 1.82) is 0 Å². The molecule has 2 heterocycles. The molecule has 5 nitrogen and oxygen atoms in total. The van der Waals surface area contributed by atoms with Crippen LogP contribution in [0.3, 0.4) is 0 Å². The van der Waals surface area contributed by atoms with Crippen LogP contribution in [-0.4, -0.2) is 37.0 Å². The van der Waals surface area contributed by atoms with Gasteiger partial charge >= 0.3 is 7.12 Å². The van der Waals surface area contributed by atoms with Gasteiger partial charge in [0.05, 0.1) is 11.2 Å². The predicted molar refractivity (Wildman–Crippen MR) is 92.4 cm³/mol. The zero-order chi connectivity index (χ0) is 16.8. The van der Waals surface area contributed by atoms with Crippen molar-refractivity contribution in [3.05, 3.63) is 23.8 Å². The van der Waals surface area contributed by atoms with Crippen LogP contribution < -0.4 is 10.8 Å². The monoisotopic (exact) mass is 314 g/mol. The summed E-state index contributed by atoms with van der Waals surface area (Å²) in [4.78, 5) is 15.9. The first-order chi connectivity index (χ1) is 10.7. The Labute approximate surface area is 137 Å². The SMILES string of the molecule is C=N[C@H]1CCc2cc(B3OC(C)(C)C(C)(C)O3)ccc2NC1=O. The number of amides is 1. The number of hydrogen-bond donors (Lipinski definition) is 1. The Hall–Kier alpha value is -1.66. The van der Waals surface area contributed by atoms with Crippen molar-refractivity contribution in [1.82, 2.24) is 0 Å². The number of aliphatic imine (C=N–C) groups is 1. The quantitative estimate of drug-likeness (QED) is 0.670. The van der Waals surface area contributed by atoms with Crippen molar-refractivity contribution in [2.24, 2.45) is 4.99 Å². The summed E-state index contributed by atoms with van der Waals surface area (Å²) in [6.45, 7) is 11.7. The number of rotatable bonds is 2. The predicted octanol–water partition coefficient (Wildman–Crippen LogP) is 1.94. The lowest BCUT2D eigenvalue weighted by Gasteiger charge is -2.32. The summed E-state index contributed by atoms with van der Waals surface area (Å²) in [5.74, 6) is -0.0952. The highest BCUT2D eigenvalue weighted by molar-refractivity contribution is 6.62. The maximum Gasteiger partial charge on any atom is 0.494 e. The Kier molecular flexibility index (Phi) is 3.85. The molecule has 1 aromatic carbocycles. The Balaban J connectivity index is 1.87. The highest BCUT2D eigenvalue weighted by Gasteiger charge is 2.51. The number of carbonyl (C=O) groups excluding carboxylic acids is 1. The Morgan fingerprint density at radius 3 is 2.52 bits per heavy atom. The molecule has 6 heteroatoms. The summed E-state index contributed by atoms with van der Waals surface area (Å²) in [6, 6.07) is 5.54. The van der Waals surface area contributed by atoms with Crippen LogP contribution in [0.2, 0.25) is 0 Å². The molecule has 3 rings (SSSR count). The van der Waals surface area contributed by atoms with Crippen molar-refractivity contribution in [3.8, 4) is 0 Å². The van der Waals surface area contributed by atoms with Gasteiger partial charge in [-0.25, -0.2) is 0 Å². The number of fused-ring (bicyclic) bond motifs is 1. The van der Waals surface area contributed by atoms with Gasteiger partial charge < -0.3 is 14.6 Å². The summed E-state index contributed by atoms with van der Waals surface area (Å²) in [6.07, 6.45) is 1.43. The van der Waals surface area contributed by atoms with Gasteiger partial charge in [0.15, 0.2) is 0 Å². The van der Waals surface area contributed by atoms with Crippen LogP contribution in [0.15, 0.2) is 23.2 Å². The van der Waals surface area contributed by atoms with Gasteiger partial charge in [0, 0.05) is 5.69 Å². The fourth-order valence-corrected chi connectivity index (χ4v) is 2.88. The minimum atomic E-state index is -0.391. The maximum absolute atomic E-state index is 12.0. The van der Waals surface area contributed by atoms with Crippen LogP contribution in [0.5, 0.6) is 0 Å². The second-order valence-electron chi connectivity index (χ2n) is 7.23. The fourth-order valence-electron chi connectivity index (χ4n) is 2.88. The first-order valence-electron chi connectivity index (χ1n) is 7.99. The van der Waals surface area contributed by atoms with Crippen molar-refractivity contribution in [3.63, 3.8) is 0 Å². The van der Waals surface area contributed by atoms with Gasteiger partial charge in [-0.2, -0.15) is 0 Å². The highest BCUT2D eigenvalue weighted by atomic mass is 16.7. The van der Waals surface area contributed by atoms with Crippen LogP contribution in [0.25, 0.3) is 0 Å². The van der Waals surface area contributed by atoms with Crippen LogP contribution in [0.1, 0.15) is 39.7 Å². The number of nitrogens with zero attached hydrogens (tertiary/aromatic N) is 1. The number of benzene rings is 1. The third-order valence-electron chi connectivity index (χ3n) is 5.12. The van der Waals surface area contributed by atoms with Gasteiger partial charge in [0.2, 0.25) is 5.91 Å². The molecule has 23 heavy (non-hydrogen) atoms. The molecule has 2 aliphatic rings. The molecule has 1 N–H and O–H groups in total. The van der Waals surface area contributed by atoms with E-state index in [0.717, 1.165) is 23.1 Å². The zero-order valence-electron chi connectivity index (χ0n) is 14.2. The molecule has 0 saturated carbocycles. The van der Waals surface area contributed by atoms with Gasteiger partial charge in [-0.15, -0.1) is 0 Å². The minimum absolute atomic E-state index is 0.0952. The van der Waals surface area contributed by atoms with Gasteiger partial charge in [-0.1, -0.05) is 12.1 Å². The van der Waals surface area contributed by atoms with E-state index < -0.39 is 7.12 Å². The van der Waals surface area contributed by atoms with Crippen LogP contribution >= 0.6 is 0 Å². The molecule has 0 radical (unpaired) electrons. The zero-order valence-corrected chi connectivity index (χ0v) is 14.2. The minimum Gasteiger partial charge on any atom is -0.399 e.